The third-order valence-corrected chi connectivity index (χ3v) is 5.78. The fourth-order valence-corrected chi connectivity index (χ4v) is 3.77. The molecular formula is C14H22N2O4S2. The molecule has 124 valence electrons. The van der Waals surface area contributed by atoms with Crippen molar-refractivity contribution < 1.29 is 18.3 Å². The minimum absolute atomic E-state index is 0.0502. The van der Waals surface area contributed by atoms with Crippen molar-refractivity contribution in [3.63, 3.8) is 0 Å². The van der Waals surface area contributed by atoms with Gasteiger partial charge in [0.05, 0.1) is 10.6 Å². The van der Waals surface area contributed by atoms with Gasteiger partial charge in [0.1, 0.15) is 5.75 Å². The molecule has 0 aliphatic rings. The van der Waals surface area contributed by atoms with Crippen molar-refractivity contribution in [3.05, 3.63) is 18.2 Å². The summed E-state index contributed by atoms with van der Waals surface area (Å²) in [6.07, 6.45) is 2.19. The molecule has 0 aromatic heterocycles. The number of nitrogens with zero attached hydrogens (tertiary/aromatic N) is 1. The van der Waals surface area contributed by atoms with E-state index in [0.29, 0.717) is 25.3 Å². The van der Waals surface area contributed by atoms with Crippen LogP contribution in [0.4, 0.5) is 5.69 Å². The summed E-state index contributed by atoms with van der Waals surface area (Å²) in [4.78, 5) is 11.8. The predicted molar refractivity (Wildman–Crippen MR) is 89.8 cm³/mol. The number of thioether (sulfide) groups is 1. The Morgan fingerprint density at radius 2 is 1.95 bits per heavy atom. The zero-order chi connectivity index (χ0) is 16.8. The number of amides is 1. The summed E-state index contributed by atoms with van der Waals surface area (Å²) in [5.74, 6) is 0.238. The highest BCUT2D eigenvalue weighted by Gasteiger charge is 2.22. The van der Waals surface area contributed by atoms with E-state index in [-0.39, 0.29) is 22.2 Å². The van der Waals surface area contributed by atoms with Crippen LogP contribution in [0.15, 0.2) is 23.1 Å². The Morgan fingerprint density at radius 3 is 2.50 bits per heavy atom. The van der Waals surface area contributed by atoms with Crippen molar-refractivity contribution in [2.24, 2.45) is 0 Å². The molecule has 0 aliphatic heterocycles. The highest BCUT2D eigenvalue weighted by atomic mass is 32.2. The lowest BCUT2D eigenvalue weighted by atomic mass is 10.3. The molecule has 2 N–H and O–H groups in total. The second-order valence-corrected chi connectivity index (χ2v) is 7.48. The van der Waals surface area contributed by atoms with E-state index < -0.39 is 10.0 Å². The lowest BCUT2D eigenvalue weighted by Crippen LogP contribution is -2.30. The quantitative estimate of drug-likeness (QED) is 0.704. The van der Waals surface area contributed by atoms with E-state index >= 15 is 0 Å². The van der Waals surface area contributed by atoms with Gasteiger partial charge in [0.15, 0.2) is 0 Å². The van der Waals surface area contributed by atoms with Crippen molar-refractivity contribution in [1.82, 2.24) is 4.31 Å². The van der Waals surface area contributed by atoms with Crippen molar-refractivity contribution in [2.75, 3.05) is 30.4 Å². The zero-order valence-electron chi connectivity index (χ0n) is 13.0. The molecule has 0 saturated heterocycles. The lowest BCUT2D eigenvalue weighted by molar-refractivity contribution is -0.115. The number of aromatic hydroxyl groups is 1. The Morgan fingerprint density at radius 1 is 1.32 bits per heavy atom. The van der Waals surface area contributed by atoms with Crippen LogP contribution in [0.25, 0.3) is 0 Å². The maximum atomic E-state index is 12.4. The second kappa shape index (κ2) is 8.40. The fourth-order valence-electron chi connectivity index (χ4n) is 1.90. The Kier molecular flexibility index (Phi) is 7.18. The number of phenolic OH excluding ortho intramolecular Hbond substituents is 1. The Bertz CT molecular complexity index is 613. The van der Waals surface area contributed by atoms with Gasteiger partial charge in [-0.1, -0.05) is 13.8 Å². The van der Waals surface area contributed by atoms with Crippen molar-refractivity contribution in [3.8, 4) is 5.75 Å². The summed E-state index contributed by atoms with van der Waals surface area (Å²) in [6, 6.07) is 3.90. The summed E-state index contributed by atoms with van der Waals surface area (Å²) in [7, 11) is -3.63. The van der Waals surface area contributed by atoms with Crippen molar-refractivity contribution in [1.29, 1.82) is 0 Å². The number of nitrogens with one attached hydrogen (secondary N) is 1. The molecule has 1 amide bonds. The molecule has 1 aromatic rings. The molecule has 1 aromatic carbocycles. The molecule has 8 heteroatoms. The summed E-state index contributed by atoms with van der Waals surface area (Å²) in [6.45, 7) is 4.23. The molecule has 0 radical (unpaired) electrons. The van der Waals surface area contributed by atoms with Gasteiger partial charge in [0, 0.05) is 25.3 Å². The molecule has 1 rings (SSSR count). The van der Waals surface area contributed by atoms with Gasteiger partial charge in [0.25, 0.3) is 0 Å². The first-order chi connectivity index (χ1) is 10.4. The zero-order valence-corrected chi connectivity index (χ0v) is 14.6. The van der Waals surface area contributed by atoms with E-state index in [0.717, 1.165) is 0 Å². The second-order valence-electron chi connectivity index (χ2n) is 4.56. The largest absolute Gasteiger partial charge is 0.506 e. The third kappa shape index (κ3) is 4.62. The molecule has 0 atom stereocenters. The highest BCUT2D eigenvalue weighted by molar-refractivity contribution is 7.98. The van der Waals surface area contributed by atoms with Crippen LogP contribution in [0.5, 0.6) is 5.75 Å². The maximum absolute atomic E-state index is 12.4. The number of carbonyl (C=O) groups excluding carboxylic acids is 1. The molecular weight excluding hydrogens is 324 g/mol. The first-order valence-corrected chi connectivity index (χ1v) is 9.82. The average molecular weight is 346 g/mol. The van der Waals surface area contributed by atoms with Crippen molar-refractivity contribution >= 4 is 33.4 Å². The van der Waals surface area contributed by atoms with Crippen molar-refractivity contribution in [2.45, 2.75) is 25.2 Å². The summed E-state index contributed by atoms with van der Waals surface area (Å²) in [5, 5.41) is 12.3. The number of phenols is 1. The predicted octanol–water partition coefficient (Wildman–Crippen LogP) is 2.11. The molecule has 0 heterocycles. The van der Waals surface area contributed by atoms with E-state index in [9.17, 15) is 18.3 Å². The number of hydrogen-bond acceptors (Lipinski definition) is 5. The molecule has 0 bridgehead atoms. The summed E-state index contributed by atoms with van der Waals surface area (Å²) in [5.41, 5.74) is 0.110. The van der Waals surface area contributed by atoms with Gasteiger partial charge >= 0.3 is 0 Å². The van der Waals surface area contributed by atoms with Crippen LogP contribution < -0.4 is 5.32 Å². The van der Waals surface area contributed by atoms with Gasteiger partial charge in [-0.3, -0.25) is 4.79 Å². The first-order valence-electron chi connectivity index (χ1n) is 6.98. The third-order valence-electron chi connectivity index (χ3n) is 3.12. The summed E-state index contributed by atoms with van der Waals surface area (Å²) >= 11 is 1.54. The van der Waals surface area contributed by atoms with Gasteiger partial charge in [-0.15, -0.1) is 0 Å². The smallest absolute Gasteiger partial charge is 0.243 e. The van der Waals surface area contributed by atoms with Crippen LogP contribution in [-0.4, -0.2) is 48.8 Å². The monoisotopic (exact) mass is 346 g/mol. The molecule has 22 heavy (non-hydrogen) atoms. The summed E-state index contributed by atoms with van der Waals surface area (Å²) < 4.78 is 26.2. The highest BCUT2D eigenvalue weighted by Crippen LogP contribution is 2.28. The van der Waals surface area contributed by atoms with E-state index in [1.807, 2.05) is 6.26 Å². The Balaban J connectivity index is 3.06. The molecule has 6 nitrogen and oxygen atoms in total. The number of carbonyl (C=O) groups is 1. The maximum Gasteiger partial charge on any atom is 0.243 e. The van der Waals surface area contributed by atoms with Crippen LogP contribution in [-0.2, 0) is 14.8 Å². The molecule has 0 spiro atoms. The van der Waals surface area contributed by atoms with Crippen LogP contribution in [0.3, 0.4) is 0 Å². The average Bonchev–Trinajstić information content (AvgIpc) is 2.48. The fraction of sp³-hybridized carbons (Fsp3) is 0.500. The lowest BCUT2D eigenvalue weighted by Gasteiger charge is -2.19. The number of anilines is 1. The number of rotatable bonds is 8. The van der Waals surface area contributed by atoms with Crippen LogP contribution in [0, 0.1) is 0 Å². The normalized spacial score (nSPS) is 11.6. The standard InChI is InChI=1S/C14H22N2O4S2/c1-4-16(5-2)22(19,20)11-6-7-13(17)12(10-11)15-14(18)8-9-21-3/h6-7,10,17H,4-5,8-9H2,1-3H3,(H,15,18). The van der Waals surface area contributed by atoms with E-state index in [1.54, 1.807) is 13.8 Å². The molecule has 0 saturated carbocycles. The van der Waals surface area contributed by atoms with Crippen LogP contribution in [0.2, 0.25) is 0 Å². The Labute approximate surface area is 136 Å². The number of sulfonamides is 1. The number of benzene rings is 1. The van der Waals surface area contributed by atoms with E-state index in [1.165, 1.54) is 34.3 Å². The van der Waals surface area contributed by atoms with Gasteiger partial charge in [0.2, 0.25) is 15.9 Å². The topological polar surface area (TPSA) is 86.7 Å². The SMILES string of the molecule is CCN(CC)S(=O)(=O)c1ccc(O)c(NC(=O)CCSC)c1. The molecule has 0 fully saturated rings. The van der Waals surface area contributed by atoms with Gasteiger partial charge in [-0.25, -0.2) is 8.42 Å². The van der Waals surface area contributed by atoms with E-state index in [2.05, 4.69) is 5.32 Å². The molecule has 0 aliphatic carbocycles. The van der Waals surface area contributed by atoms with Gasteiger partial charge in [-0.2, -0.15) is 16.1 Å². The first kappa shape index (κ1) is 18.8. The van der Waals surface area contributed by atoms with Crippen LogP contribution >= 0.6 is 11.8 Å². The molecule has 0 unspecified atom stereocenters. The number of hydrogen-bond donors (Lipinski definition) is 2. The van der Waals surface area contributed by atoms with Gasteiger partial charge < -0.3 is 10.4 Å². The van der Waals surface area contributed by atoms with Gasteiger partial charge in [-0.05, 0) is 24.5 Å². The van der Waals surface area contributed by atoms with Crippen LogP contribution in [0.1, 0.15) is 20.3 Å². The minimum atomic E-state index is -3.63. The van der Waals surface area contributed by atoms with E-state index in [4.69, 9.17) is 0 Å². The minimum Gasteiger partial charge on any atom is -0.506 e. The Hall–Kier alpha value is -1.25.